The normalized spacial score (nSPS) is 10.6. The van der Waals surface area contributed by atoms with E-state index < -0.39 is 0 Å². The van der Waals surface area contributed by atoms with Crippen molar-refractivity contribution in [2.75, 3.05) is 6.54 Å². The summed E-state index contributed by atoms with van der Waals surface area (Å²) in [7, 11) is 0. The van der Waals surface area contributed by atoms with Gasteiger partial charge in [-0.15, -0.1) is 0 Å². The molecule has 0 radical (unpaired) electrons. The first-order valence-electron chi connectivity index (χ1n) is 6.91. The van der Waals surface area contributed by atoms with E-state index in [-0.39, 0.29) is 0 Å². The van der Waals surface area contributed by atoms with E-state index >= 15 is 0 Å². The van der Waals surface area contributed by atoms with E-state index in [0.717, 1.165) is 39.8 Å². The molecule has 0 unspecified atom stereocenters. The molecule has 2 rings (SSSR count). The molecule has 0 bridgehead atoms. The standard InChI is InChI=1S/C16H18Br2N2O/c1-2-5-19-10-13-7-14(17)16(15(18)8-13)21-11-12-4-3-6-20-9-12/h3-4,6-9,19H,2,5,10-11H2,1H3. The predicted octanol–water partition coefficient (Wildman–Crippen LogP) is 4.69. The zero-order valence-corrected chi connectivity index (χ0v) is 15.1. The van der Waals surface area contributed by atoms with E-state index in [4.69, 9.17) is 4.74 Å². The number of pyridine rings is 1. The van der Waals surface area contributed by atoms with Crippen LogP contribution in [0.15, 0.2) is 45.6 Å². The van der Waals surface area contributed by atoms with Gasteiger partial charge in [-0.3, -0.25) is 4.98 Å². The average molecular weight is 414 g/mol. The molecule has 3 nitrogen and oxygen atoms in total. The summed E-state index contributed by atoms with van der Waals surface area (Å²) in [4.78, 5) is 4.09. The van der Waals surface area contributed by atoms with Crippen LogP contribution in [0.3, 0.4) is 0 Å². The minimum Gasteiger partial charge on any atom is -0.486 e. The molecule has 112 valence electrons. The molecular weight excluding hydrogens is 396 g/mol. The number of aromatic nitrogens is 1. The molecule has 1 aromatic carbocycles. The van der Waals surface area contributed by atoms with Crippen molar-refractivity contribution in [1.82, 2.24) is 10.3 Å². The molecule has 21 heavy (non-hydrogen) atoms. The minimum absolute atomic E-state index is 0.498. The van der Waals surface area contributed by atoms with Crippen LogP contribution < -0.4 is 10.1 Å². The lowest BCUT2D eigenvalue weighted by Crippen LogP contribution is -2.13. The Morgan fingerprint density at radius 1 is 1.19 bits per heavy atom. The summed E-state index contributed by atoms with van der Waals surface area (Å²) in [6, 6.07) is 8.08. The Morgan fingerprint density at radius 3 is 2.57 bits per heavy atom. The van der Waals surface area contributed by atoms with E-state index in [1.54, 1.807) is 6.20 Å². The fourth-order valence-electron chi connectivity index (χ4n) is 1.90. The van der Waals surface area contributed by atoms with Gasteiger partial charge in [0.15, 0.2) is 0 Å². The lowest BCUT2D eigenvalue weighted by Gasteiger charge is -2.12. The maximum atomic E-state index is 5.88. The Kier molecular flexibility index (Phi) is 6.67. The van der Waals surface area contributed by atoms with Crippen molar-refractivity contribution in [2.24, 2.45) is 0 Å². The molecule has 0 saturated heterocycles. The van der Waals surface area contributed by atoms with Crippen molar-refractivity contribution in [1.29, 1.82) is 0 Å². The summed E-state index contributed by atoms with van der Waals surface area (Å²) in [6.07, 6.45) is 4.70. The number of ether oxygens (including phenoxy) is 1. The Balaban J connectivity index is 2.03. The molecule has 0 amide bonds. The number of hydrogen-bond donors (Lipinski definition) is 1. The molecule has 5 heteroatoms. The quantitative estimate of drug-likeness (QED) is 0.668. The van der Waals surface area contributed by atoms with Gasteiger partial charge in [0.05, 0.1) is 8.95 Å². The summed E-state index contributed by atoms with van der Waals surface area (Å²) >= 11 is 7.16. The van der Waals surface area contributed by atoms with E-state index in [1.807, 2.05) is 18.3 Å². The van der Waals surface area contributed by atoms with Crippen LogP contribution in [-0.2, 0) is 13.2 Å². The van der Waals surface area contributed by atoms with Crippen molar-refractivity contribution < 1.29 is 4.74 Å². The van der Waals surface area contributed by atoms with Gasteiger partial charge in [-0.05, 0) is 68.6 Å². The Hall–Kier alpha value is -0.910. The third-order valence-corrected chi connectivity index (χ3v) is 4.10. The first-order valence-corrected chi connectivity index (χ1v) is 8.49. The second-order valence-electron chi connectivity index (χ2n) is 4.72. The molecule has 0 saturated carbocycles. The summed E-state index contributed by atoms with van der Waals surface area (Å²) in [5.74, 6) is 0.818. The molecular formula is C16H18Br2N2O. The lowest BCUT2D eigenvalue weighted by molar-refractivity contribution is 0.301. The van der Waals surface area contributed by atoms with Crippen LogP contribution in [0, 0.1) is 0 Å². The smallest absolute Gasteiger partial charge is 0.148 e. The largest absolute Gasteiger partial charge is 0.486 e. The highest BCUT2D eigenvalue weighted by atomic mass is 79.9. The third kappa shape index (κ3) is 5.09. The van der Waals surface area contributed by atoms with Crippen LogP contribution in [0.25, 0.3) is 0 Å². The first-order chi connectivity index (χ1) is 10.2. The van der Waals surface area contributed by atoms with Gasteiger partial charge in [-0.2, -0.15) is 0 Å². The molecule has 0 fully saturated rings. The number of halogens is 2. The van der Waals surface area contributed by atoms with Gasteiger partial charge >= 0.3 is 0 Å². The summed E-state index contributed by atoms with van der Waals surface area (Å²) < 4.78 is 7.79. The maximum absolute atomic E-state index is 5.88. The van der Waals surface area contributed by atoms with Crippen LogP contribution in [0.1, 0.15) is 24.5 Å². The van der Waals surface area contributed by atoms with E-state index in [1.165, 1.54) is 5.56 Å². The molecule has 0 aliphatic rings. The second kappa shape index (κ2) is 8.51. The molecule has 2 aromatic rings. The molecule has 1 heterocycles. The van der Waals surface area contributed by atoms with E-state index in [9.17, 15) is 0 Å². The highest BCUT2D eigenvalue weighted by Crippen LogP contribution is 2.35. The maximum Gasteiger partial charge on any atom is 0.148 e. The average Bonchev–Trinajstić information content (AvgIpc) is 2.48. The third-order valence-electron chi connectivity index (χ3n) is 2.92. The van der Waals surface area contributed by atoms with Crippen LogP contribution in [0.4, 0.5) is 0 Å². The van der Waals surface area contributed by atoms with Crippen LogP contribution in [0.5, 0.6) is 5.75 Å². The molecule has 0 atom stereocenters. The lowest BCUT2D eigenvalue weighted by atomic mass is 10.2. The molecule has 1 N–H and O–H groups in total. The fourth-order valence-corrected chi connectivity index (χ4v) is 3.41. The summed E-state index contributed by atoms with van der Waals surface area (Å²) in [5, 5.41) is 3.39. The van der Waals surface area contributed by atoms with Gasteiger partial charge in [0, 0.05) is 24.5 Å². The first kappa shape index (κ1) is 16.5. The minimum atomic E-state index is 0.498. The summed E-state index contributed by atoms with van der Waals surface area (Å²) in [5.41, 5.74) is 2.26. The van der Waals surface area contributed by atoms with Gasteiger partial charge in [-0.1, -0.05) is 13.0 Å². The van der Waals surface area contributed by atoms with Crippen molar-refractivity contribution in [2.45, 2.75) is 26.5 Å². The fraction of sp³-hybridized carbons (Fsp3) is 0.312. The molecule has 0 aliphatic heterocycles. The monoisotopic (exact) mass is 412 g/mol. The summed E-state index contributed by atoms with van der Waals surface area (Å²) in [6.45, 7) is 4.54. The number of nitrogens with one attached hydrogen (secondary N) is 1. The van der Waals surface area contributed by atoms with Gasteiger partial charge in [0.1, 0.15) is 12.4 Å². The highest BCUT2D eigenvalue weighted by Gasteiger charge is 2.09. The SMILES string of the molecule is CCCNCc1cc(Br)c(OCc2cccnc2)c(Br)c1. The van der Waals surface area contributed by atoms with Crippen molar-refractivity contribution >= 4 is 31.9 Å². The molecule has 0 aliphatic carbocycles. The van der Waals surface area contributed by atoms with Crippen LogP contribution in [0.2, 0.25) is 0 Å². The Labute approximate surface area is 142 Å². The van der Waals surface area contributed by atoms with E-state index in [0.29, 0.717) is 6.61 Å². The topological polar surface area (TPSA) is 34.1 Å². The number of nitrogens with zero attached hydrogens (tertiary/aromatic N) is 1. The van der Waals surface area contributed by atoms with Crippen LogP contribution >= 0.6 is 31.9 Å². The van der Waals surface area contributed by atoms with Gasteiger partial charge in [-0.25, -0.2) is 0 Å². The highest BCUT2D eigenvalue weighted by molar-refractivity contribution is 9.11. The van der Waals surface area contributed by atoms with Crippen LogP contribution in [-0.4, -0.2) is 11.5 Å². The van der Waals surface area contributed by atoms with Crippen molar-refractivity contribution in [3.05, 3.63) is 56.7 Å². The number of hydrogen-bond acceptors (Lipinski definition) is 3. The molecule has 0 spiro atoms. The Bertz CT molecular complexity index is 553. The second-order valence-corrected chi connectivity index (χ2v) is 6.42. The predicted molar refractivity (Wildman–Crippen MR) is 92.4 cm³/mol. The van der Waals surface area contributed by atoms with Crippen molar-refractivity contribution in [3.63, 3.8) is 0 Å². The van der Waals surface area contributed by atoms with Crippen molar-refractivity contribution in [3.8, 4) is 5.75 Å². The molecule has 1 aromatic heterocycles. The number of benzene rings is 1. The zero-order chi connectivity index (χ0) is 15.1. The van der Waals surface area contributed by atoms with E-state index in [2.05, 4.69) is 61.2 Å². The number of rotatable bonds is 7. The zero-order valence-electron chi connectivity index (χ0n) is 11.9. The van der Waals surface area contributed by atoms with Gasteiger partial charge in [0.2, 0.25) is 0 Å². The Morgan fingerprint density at radius 2 is 1.95 bits per heavy atom. The van der Waals surface area contributed by atoms with Gasteiger partial charge < -0.3 is 10.1 Å². The van der Waals surface area contributed by atoms with Gasteiger partial charge in [0.25, 0.3) is 0 Å².